The highest BCUT2D eigenvalue weighted by atomic mass is 16.6. The molecular formula is C12H15N3O4. The molecule has 1 saturated heterocycles. The molecule has 19 heavy (non-hydrogen) atoms. The fourth-order valence-electron chi connectivity index (χ4n) is 1.77. The molecule has 1 aromatic rings. The highest BCUT2D eigenvalue weighted by molar-refractivity contribution is 5.92. The van der Waals surface area contributed by atoms with Gasteiger partial charge in [0, 0.05) is 12.7 Å². The van der Waals surface area contributed by atoms with Gasteiger partial charge in [-0.2, -0.15) is 0 Å². The van der Waals surface area contributed by atoms with Gasteiger partial charge in [-0.1, -0.05) is 0 Å². The number of aryl methyl sites for hydroxylation is 1. The van der Waals surface area contributed by atoms with Gasteiger partial charge in [0.25, 0.3) is 5.91 Å². The number of ether oxygens (including phenoxy) is 2. The second-order valence-corrected chi connectivity index (χ2v) is 4.18. The maximum absolute atomic E-state index is 12.2. The summed E-state index contributed by atoms with van der Waals surface area (Å²) in [6, 6.07) is 0. The Morgan fingerprint density at radius 3 is 2.84 bits per heavy atom. The number of morpholine rings is 1. The minimum atomic E-state index is -0.735. The van der Waals surface area contributed by atoms with Crippen molar-refractivity contribution in [2.75, 3.05) is 26.8 Å². The van der Waals surface area contributed by atoms with Crippen LogP contribution >= 0.6 is 0 Å². The molecule has 1 aliphatic heterocycles. The first kappa shape index (κ1) is 13.4. The average molecular weight is 265 g/mol. The minimum Gasteiger partial charge on any atom is -0.467 e. The lowest BCUT2D eigenvalue weighted by atomic mass is 10.2. The number of amides is 1. The quantitative estimate of drug-likeness (QED) is 0.689. The number of methoxy groups -OCH3 is 1. The molecule has 2 rings (SSSR count). The van der Waals surface area contributed by atoms with Gasteiger partial charge in [0.05, 0.1) is 32.2 Å². The Kier molecular flexibility index (Phi) is 4.06. The third-order valence-electron chi connectivity index (χ3n) is 2.82. The van der Waals surface area contributed by atoms with E-state index in [1.807, 2.05) is 0 Å². The van der Waals surface area contributed by atoms with Crippen molar-refractivity contribution in [1.82, 2.24) is 14.9 Å². The lowest BCUT2D eigenvalue weighted by Crippen LogP contribution is -2.49. The second kappa shape index (κ2) is 5.75. The zero-order valence-corrected chi connectivity index (χ0v) is 10.8. The maximum Gasteiger partial charge on any atom is 0.336 e. The molecule has 0 aromatic carbocycles. The second-order valence-electron chi connectivity index (χ2n) is 4.18. The number of nitrogens with zero attached hydrogens (tertiary/aromatic N) is 3. The smallest absolute Gasteiger partial charge is 0.336 e. The summed E-state index contributed by atoms with van der Waals surface area (Å²) in [6.07, 6.45) is 2.23. The van der Waals surface area contributed by atoms with Crippen molar-refractivity contribution in [1.29, 1.82) is 0 Å². The Bertz CT molecular complexity index is 474. The van der Waals surface area contributed by atoms with E-state index in [0.29, 0.717) is 13.2 Å². The van der Waals surface area contributed by atoms with Crippen molar-refractivity contribution in [3.63, 3.8) is 0 Å². The van der Waals surface area contributed by atoms with Crippen LogP contribution in [-0.2, 0) is 14.3 Å². The molecule has 0 spiro atoms. The van der Waals surface area contributed by atoms with Crippen LogP contribution in [0.2, 0.25) is 0 Å². The molecule has 1 aliphatic rings. The molecule has 1 aromatic heterocycles. The third-order valence-corrected chi connectivity index (χ3v) is 2.82. The minimum absolute atomic E-state index is 0.168. The molecule has 2 heterocycles. The van der Waals surface area contributed by atoms with Crippen LogP contribution in [0.1, 0.15) is 16.2 Å². The number of rotatable bonds is 2. The van der Waals surface area contributed by atoms with Gasteiger partial charge in [0.1, 0.15) is 5.69 Å². The molecule has 7 nitrogen and oxygen atoms in total. The highest BCUT2D eigenvalue weighted by Gasteiger charge is 2.30. The normalized spacial score (nSPS) is 19.1. The lowest BCUT2D eigenvalue weighted by Gasteiger charge is -2.31. The number of hydrogen-bond donors (Lipinski definition) is 0. The summed E-state index contributed by atoms with van der Waals surface area (Å²) in [4.78, 5) is 33.2. The van der Waals surface area contributed by atoms with Gasteiger partial charge in [0.2, 0.25) is 0 Å². The highest BCUT2D eigenvalue weighted by Crippen LogP contribution is 2.10. The van der Waals surface area contributed by atoms with Crippen molar-refractivity contribution in [3.8, 4) is 0 Å². The number of carbonyl (C=O) groups excluding carboxylic acids is 2. The van der Waals surface area contributed by atoms with Crippen LogP contribution in [0.25, 0.3) is 0 Å². The SMILES string of the molecule is COC(=O)C1CN(C(=O)c2cnc(C)cn2)CCO1. The maximum atomic E-state index is 12.2. The molecule has 7 heteroatoms. The monoisotopic (exact) mass is 265 g/mol. The lowest BCUT2D eigenvalue weighted by molar-refractivity contribution is -0.158. The third kappa shape index (κ3) is 3.05. The summed E-state index contributed by atoms with van der Waals surface area (Å²) in [5.41, 5.74) is 1.00. The standard InChI is InChI=1S/C12H15N3O4/c1-8-5-14-9(6-13-8)11(16)15-3-4-19-10(7-15)12(17)18-2/h5-6,10H,3-4,7H2,1-2H3. The molecule has 0 radical (unpaired) electrons. The van der Waals surface area contributed by atoms with Gasteiger partial charge in [0.15, 0.2) is 6.10 Å². The number of aromatic nitrogens is 2. The molecule has 102 valence electrons. The Balaban J connectivity index is 2.06. The molecule has 0 saturated carbocycles. The predicted molar refractivity (Wildman–Crippen MR) is 64.4 cm³/mol. The molecule has 1 atom stereocenters. The largest absolute Gasteiger partial charge is 0.467 e. The first-order chi connectivity index (χ1) is 9.11. The Labute approximate surface area is 110 Å². The van der Waals surface area contributed by atoms with Gasteiger partial charge in [-0.25, -0.2) is 9.78 Å². The number of hydrogen-bond acceptors (Lipinski definition) is 6. The average Bonchev–Trinajstić information content (AvgIpc) is 2.46. The van der Waals surface area contributed by atoms with Crippen LogP contribution < -0.4 is 0 Å². The van der Waals surface area contributed by atoms with E-state index in [-0.39, 0.29) is 18.1 Å². The fourth-order valence-corrected chi connectivity index (χ4v) is 1.77. The Morgan fingerprint density at radius 1 is 1.42 bits per heavy atom. The van der Waals surface area contributed by atoms with E-state index in [2.05, 4.69) is 14.7 Å². The number of esters is 1. The van der Waals surface area contributed by atoms with E-state index in [0.717, 1.165) is 5.69 Å². The topological polar surface area (TPSA) is 81.6 Å². The summed E-state index contributed by atoms with van der Waals surface area (Å²) in [5.74, 6) is -0.739. The van der Waals surface area contributed by atoms with Crippen molar-refractivity contribution < 1.29 is 19.1 Å². The van der Waals surface area contributed by atoms with Gasteiger partial charge in [-0.05, 0) is 6.92 Å². The van der Waals surface area contributed by atoms with Crippen LogP contribution in [0.3, 0.4) is 0 Å². The van der Waals surface area contributed by atoms with E-state index in [1.165, 1.54) is 24.4 Å². The van der Waals surface area contributed by atoms with Crippen molar-refractivity contribution in [2.45, 2.75) is 13.0 Å². The summed E-state index contributed by atoms with van der Waals surface area (Å²) in [7, 11) is 1.29. The number of carbonyl (C=O) groups is 2. The Hall–Kier alpha value is -2.02. The fraction of sp³-hybridized carbons (Fsp3) is 0.500. The summed E-state index contributed by atoms with van der Waals surface area (Å²) in [6.45, 7) is 2.68. The first-order valence-corrected chi connectivity index (χ1v) is 5.89. The summed E-state index contributed by atoms with van der Waals surface area (Å²) < 4.78 is 9.87. The first-order valence-electron chi connectivity index (χ1n) is 5.89. The van der Waals surface area contributed by atoms with Gasteiger partial charge in [-0.15, -0.1) is 0 Å². The molecule has 0 N–H and O–H groups in total. The van der Waals surface area contributed by atoms with E-state index < -0.39 is 12.1 Å². The van der Waals surface area contributed by atoms with Crippen molar-refractivity contribution in [2.24, 2.45) is 0 Å². The molecule has 1 unspecified atom stereocenters. The molecule has 0 bridgehead atoms. The van der Waals surface area contributed by atoms with Crippen molar-refractivity contribution >= 4 is 11.9 Å². The van der Waals surface area contributed by atoms with Crippen LogP contribution in [0, 0.1) is 6.92 Å². The summed E-state index contributed by atoms with van der Waals surface area (Å²) >= 11 is 0. The van der Waals surface area contributed by atoms with Crippen LogP contribution in [0.4, 0.5) is 0 Å². The molecule has 1 amide bonds. The van der Waals surface area contributed by atoms with E-state index >= 15 is 0 Å². The zero-order chi connectivity index (χ0) is 13.8. The summed E-state index contributed by atoms with van der Waals surface area (Å²) in [5, 5.41) is 0. The predicted octanol–water partition coefficient (Wildman–Crippen LogP) is -0.201. The Morgan fingerprint density at radius 2 is 2.21 bits per heavy atom. The molecule has 0 aliphatic carbocycles. The van der Waals surface area contributed by atoms with Gasteiger partial charge >= 0.3 is 5.97 Å². The van der Waals surface area contributed by atoms with E-state index in [9.17, 15) is 9.59 Å². The zero-order valence-electron chi connectivity index (χ0n) is 10.8. The van der Waals surface area contributed by atoms with Gasteiger partial charge < -0.3 is 14.4 Å². The van der Waals surface area contributed by atoms with Crippen LogP contribution in [-0.4, -0.2) is 59.7 Å². The van der Waals surface area contributed by atoms with E-state index in [1.54, 1.807) is 6.92 Å². The molecular weight excluding hydrogens is 250 g/mol. The van der Waals surface area contributed by atoms with E-state index in [4.69, 9.17) is 4.74 Å². The van der Waals surface area contributed by atoms with Crippen LogP contribution in [0.15, 0.2) is 12.4 Å². The van der Waals surface area contributed by atoms with Crippen LogP contribution in [0.5, 0.6) is 0 Å². The van der Waals surface area contributed by atoms with Crippen molar-refractivity contribution in [3.05, 3.63) is 23.8 Å². The van der Waals surface area contributed by atoms with Gasteiger partial charge in [-0.3, -0.25) is 9.78 Å². The molecule has 1 fully saturated rings.